The minimum Gasteiger partial charge on any atom is -0.296 e. The van der Waals surface area contributed by atoms with Crippen LogP contribution in [0.25, 0.3) is 82.1 Å². The molecule has 1 heterocycles. The normalized spacial score (nSPS) is 16.5. The standard InChI is InChI=1S/C43H30N2/c1-2-41-44-39-24-11-12-25-40(39)45(41)30-16-13-15-29(26-30)42-34-20-7-9-22-36(34)43(37-23-10-8-21-35(37)42)38-27-28-14-3-4-17-31(28)32-18-5-6-19-33(32)38/h3-27H,2H2,1H3/i1D3,2D2,7D,8D,9D,10D,20D,21D,22D,23D. The summed E-state index contributed by atoms with van der Waals surface area (Å²) in [7, 11) is 0. The van der Waals surface area contributed by atoms with Crippen molar-refractivity contribution in [3.8, 4) is 27.9 Å². The molecule has 0 spiro atoms. The summed E-state index contributed by atoms with van der Waals surface area (Å²) in [5.74, 6) is -0.386. The van der Waals surface area contributed by atoms with Crippen molar-refractivity contribution in [3.05, 3.63) is 157 Å². The SMILES string of the molecule is [2H]c1c([2H])c([2H])c2c(-c3cc4ccccc4c4ccccc34)c3c([2H])c([2H])c([2H])c([2H])c3c(-c3cccc(-n4c(C([2H])([2H])C([2H])([2H])[2H])nc5ccccc54)c3)c2c1[2H]. The number of nitrogens with zero attached hydrogens (tertiary/aromatic N) is 2. The van der Waals surface area contributed by atoms with E-state index in [0.717, 1.165) is 16.2 Å². The largest absolute Gasteiger partial charge is 0.296 e. The van der Waals surface area contributed by atoms with E-state index in [1.54, 1.807) is 48.5 Å². The van der Waals surface area contributed by atoms with Gasteiger partial charge in [-0.2, -0.15) is 0 Å². The summed E-state index contributed by atoms with van der Waals surface area (Å²) >= 11 is 0. The number of aromatic nitrogens is 2. The van der Waals surface area contributed by atoms with Gasteiger partial charge in [-0.05, 0) is 95.7 Å². The van der Waals surface area contributed by atoms with Gasteiger partial charge in [-0.25, -0.2) is 4.98 Å². The molecule has 45 heavy (non-hydrogen) atoms. The van der Waals surface area contributed by atoms with Crippen LogP contribution < -0.4 is 0 Å². The van der Waals surface area contributed by atoms with E-state index >= 15 is 0 Å². The van der Waals surface area contributed by atoms with Gasteiger partial charge in [0.05, 0.1) is 22.0 Å². The van der Waals surface area contributed by atoms with Gasteiger partial charge in [0.2, 0.25) is 0 Å². The van der Waals surface area contributed by atoms with Crippen molar-refractivity contribution in [1.29, 1.82) is 0 Å². The van der Waals surface area contributed by atoms with Crippen LogP contribution in [0.5, 0.6) is 0 Å². The van der Waals surface area contributed by atoms with Crippen molar-refractivity contribution in [2.75, 3.05) is 0 Å². The molecule has 0 amide bonds. The molecule has 0 bridgehead atoms. The molecule has 0 aliphatic rings. The highest BCUT2D eigenvalue weighted by molar-refractivity contribution is 6.25. The van der Waals surface area contributed by atoms with Gasteiger partial charge >= 0.3 is 0 Å². The van der Waals surface area contributed by atoms with Gasteiger partial charge in [0.1, 0.15) is 5.82 Å². The highest BCUT2D eigenvalue weighted by Crippen LogP contribution is 2.46. The maximum Gasteiger partial charge on any atom is 0.114 e. The van der Waals surface area contributed by atoms with E-state index in [9.17, 15) is 5.48 Å². The summed E-state index contributed by atoms with van der Waals surface area (Å²) in [6, 6.07) is 26.6. The number of rotatable bonds is 4. The fraction of sp³-hybridized carbons (Fsp3) is 0.0465. The minimum absolute atomic E-state index is 0.0152. The van der Waals surface area contributed by atoms with Crippen LogP contribution in [0.1, 0.15) is 30.5 Å². The van der Waals surface area contributed by atoms with E-state index in [4.69, 9.17) is 12.3 Å². The number of fused-ring (bicyclic) bond motifs is 6. The predicted molar refractivity (Wildman–Crippen MR) is 191 cm³/mol. The van der Waals surface area contributed by atoms with E-state index in [2.05, 4.69) is 4.98 Å². The molecular formula is C43H30N2. The maximum atomic E-state index is 9.45. The second-order valence-electron chi connectivity index (χ2n) is 10.9. The molecule has 0 aliphatic heterocycles. The third-order valence-electron chi connectivity index (χ3n) is 8.48. The van der Waals surface area contributed by atoms with E-state index in [1.165, 1.54) is 4.57 Å². The van der Waals surface area contributed by atoms with E-state index in [0.29, 0.717) is 22.0 Å². The molecule has 0 aliphatic carbocycles. The number of imidazole rings is 1. The third kappa shape index (κ3) is 3.92. The zero-order valence-corrected chi connectivity index (χ0v) is 23.7. The highest BCUT2D eigenvalue weighted by atomic mass is 15.1. The number of aryl methyl sites for hydroxylation is 1. The first-order valence-electron chi connectivity index (χ1n) is 21.0. The number of hydrogen-bond donors (Lipinski definition) is 0. The first kappa shape index (κ1) is 15.8. The molecule has 0 fully saturated rings. The van der Waals surface area contributed by atoms with Crippen LogP contribution >= 0.6 is 0 Å². The van der Waals surface area contributed by atoms with E-state index < -0.39 is 61.6 Å². The van der Waals surface area contributed by atoms with Crippen LogP contribution in [0.3, 0.4) is 0 Å². The van der Waals surface area contributed by atoms with Gasteiger partial charge in [-0.1, -0.05) is 128 Å². The Kier molecular flexibility index (Phi) is 3.58. The number of para-hydroxylation sites is 2. The molecule has 0 saturated heterocycles. The Balaban J connectivity index is 1.50. The lowest BCUT2D eigenvalue weighted by molar-refractivity contribution is 0.908. The zero-order chi connectivity index (χ0) is 41.2. The van der Waals surface area contributed by atoms with Crippen LogP contribution in [0.15, 0.2) is 151 Å². The summed E-state index contributed by atoms with van der Waals surface area (Å²) in [4.78, 5) is 4.44. The summed E-state index contributed by atoms with van der Waals surface area (Å²) in [5.41, 5.74) is 2.12. The Morgan fingerprint density at radius 2 is 1.27 bits per heavy atom. The van der Waals surface area contributed by atoms with Crippen molar-refractivity contribution in [2.45, 2.75) is 13.2 Å². The molecule has 1 aromatic heterocycles. The van der Waals surface area contributed by atoms with Crippen molar-refractivity contribution in [1.82, 2.24) is 9.55 Å². The monoisotopic (exact) mass is 587 g/mol. The predicted octanol–water partition coefficient (Wildman–Crippen LogP) is 11.5. The highest BCUT2D eigenvalue weighted by Gasteiger charge is 2.19. The lowest BCUT2D eigenvalue weighted by atomic mass is 9.84. The molecule has 0 saturated carbocycles. The summed E-state index contributed by atoms with van der Waals surface area (Å²) in [6.45, 7) is -3.11. The molecule has 9 rings (SSSR count). The molecule has 0 atom stereocenters. The lowest BCUT2D eigenvalue weighted by Gasteiger charge is -2.20. The number of benzene rings is 8. The first-order chi connectivity index (χ1) is 27.5. The van der Waals surface area contributed by atoms with Crippen LogP contribution in [-0.2, 0) is 6.37 Å². The summed E-state index contributed by atoms with van der Waals surface area (Å²) in [6.07, 6.45) is -2.91. The van der Waals surface area contributed by atoms with Gasteiger partial charge in [-0.3, -0.25) is 4.57 Å². The van der Waals surface area contributed by atoms with E-state index in [-0.39, 0.29) is 49.7 Å². The summed E-state index contributed by atoms with van der Waals surface area (Å²) < 4.78 is 116. The van der Waals surface area contributed by atoms with Crippen molar-refractivity contribution in [2.24, 2.45) is 0 Å². The second-order valence-corrected chi connectivity index (χ2v) is 10.9. The average molecular weight is 588 g/mol. The lowest BCUT2D eigenvalue weighted by Crippen LogP contribution is -2.00. The fourth-order valence-electron chi connectivity index (χ4n) is 6.62. The molecule has 2 heteroatoms. The molecular weight excluding hydrogens is 544 g/mol. The Morgan fingerprint density at radius 1 is 0.622 bits per heavy atom. The second kappa shape index (κ2) is 10.2. The van der Waals surface area contributed by atoms with Crippen LogP contribution in [-0.4, -0.2) is 9.55 Å². The van der Waals surface area contributed by atoms with Crippen molar-refractivity contribution < 1.29 is 17.8 Å². The Hall–Kier alpha value is -5.73. The molecule has 9 aromatic rings. The number of hydrogen-bond acceptors (Lipinski definition) is 1. The van der Waals surface area contributed by atoms with Crippen LogP contribution in [0.2, 0.25) is 0 Å². The van der Waals surface area contributed by atoms with Crippen molar-refractivity contribution in [3.63, 3.8) is 0 Å². The third-order valence-corrected chi connectivity index (χ3v) is 8.48. The topological polar surface area (TPSA) is 17.8 Å². The average Bonchev–Trinajstić information content (AvgIpc) is 3.62. The smallest absolute Gasteiger partial charge is 0.114 e. The Labute approximate surface area is 280 Å². The molecule has 0 radical (unpaired) electrons. The molecule has 2 nitrogen and oxygen atoms in total. The maximum absolute atomic E-state index is 9.45. The minimum atomic E-state index is -3.11. The van der Waals surface area contributed by atoms with Crippen LogP contribution in [0.4, 0.5) is 0 Å². The quantitative estimate of drug-likeness (QED) is 0.148. The fourth-order valence-corrected chi connectivity index (χ4v) is 6.62. The zero-order valence-electron chi connectivity index (χ0n) is 36.7. The van der Waals surface area contributed by atoms with Gasteiger partial charge < -0.3 is 0 Å². The summed E-state index contributed by atoms with van der Waals surface area (Å²) in [5, 5.41) is 3.44. The molecule has 0 N–H and O–H groups in total. The van der Waals surface area contributed by atoms with Crippen LogP contribution in [0, 0.1) is 0 Å². The Bertz CT molecular complexity index is 3160. The van der Waals surface area contributed by atoms with Gasteiger partial charge in [0.25, 0.3) is 0 Å². The Morgan fingerprint density at radius 3 is 2.02 bits per heavy atom. The first-order valence-corrected chi connectivity index (χ1v) is 14.5. The van der Waals surface area contributed by atoms with Gasteiger partial charge in [0.15, 0.2) is 0 Å². The van der Waals surface area contributed by atoms with Crippen molar-refractivity contribution >= 4 is 54.1 Å². The van der Waals surface area contributed by atoms with Gasteiger partial charge in [0, 0.05) is 18.9 Å². The molecule has 212 valence electrons. The molecule has 0 unspecified atom stereocenters. The van der Waals surface area contributed by atoms with E-state index in [1.807, 2.05) is 54.6 Å². The molecule has 8 aromatic carbocycles. The van der Waals surface area contributed by atoms with Gasteiger partial charge in [-0.15, -0.1) is 0 Å².